The fourth-order valence-electron chi connectivity index (χ4n) is 2.49. The van der Waals surface area contributed by atoms with E-state index in [9.17, 15) is 9.59 Å². The zero-order chi connectivity index (χ0) is 18.7. The summed E-state index contributed by atoms with van der Waals surface area (Å²) in [5, 5.41) is 5.77. The van der Waals surface area contributed by atoms with Gasteiger partial charge < -0.3 is 4.74 Å². The molecule has 1 heterocycles. The Morgan fingerprint density at radius 2 is 1.92 bits per heavy atom. The monoisotopic (exact) mass is 391 g/mol. The predicted molar refractivity (Wildman–Crippen MR) is 99.9 cm³/mol. The first kappa shape index (κ1) is 18.2. The van der Waals surface area contributed by atoms with Gasteiger partial charge in [0.1, 0.15) is 5.75 Å². The molecule has 0 aromatic heterocycles. The van der Waals surface area contributed by atoms with Crippen LogP contribution in [0.3, 0.4) is 0 Å². The lowest BCUT2D eigenvalue weighted by molar-refractivity contribution is -0.120. The number of carbonyl (C=O) groups is 2. The maximum atomic E-state index is 12.3. The highest BCUT2D eigenvalue weighted by Crippen LogP contribution is 2.26. The van der Waals surface area contributed by atoms with Crippen molar-refractivity contribution in [2.45, 2.75) is 12.5 Å². The number of nitrogens with one attached hydrogen (secondary N) is 2. The molecule has 1 atom stereocenters. The number of guanidine groups is 1. The summed E-state index contributed by atoms with van der Waals surface area (Å²) in [5.41, 5.74) is 1.16. The van der Waals surface area contributed by atoms with Crippen LogP contribution < -0.4 is 15.4 Å². The van der Waals surface area contributed by atoms with E-state index in [0.717, 1.165) is 5.56 Å². The zero-order valence-electron chi connectivity index (χ0n) is 13.8. The number of rotatable bonds is 3. The number of ether oxygens (including phenoxy) is 1. The van der Waals surface area contributed by atoms with Crippen molar-refractivity contribution in [3.05, 3.63) is 63.6 Å². The summed E-state index contributed by atoms with van der Waals surface area (Å²) in [6.45, 7) is 0. The molecule has 0 radical (unpaired) electrons. The van der Waals surface area contributed by atoms with Gasteiger partial charge in [-0.15, -0.1) is 0 Å². The van der Waals surface area contributed by atoms with Gasteiger partial charge in [-0.2, -0.15) is 0 Å². The van der Waals surface area contributed by atoms with Crippen molar-refractivity contribution in [3.8, 4) is 5.75 Å². The van der Waals surface area contributed by atoms with Crippen LogP contribution in [0.5, 0.6) is 5.75 Å². The zero-order valence-corrected chi connectivity index (χ0v) is 15.3. The molecule has 2 amide bonds. The lowest BCUT2D eigenvalue weighted by atomic mass is 10.0. The smallest absolute Gasteiger partial charge is 0.258 e. The number of benzene rings is 2. The molecular weight excluding hydrogens is 377 g/mol. The SMILES string of the molecule is COc1ccc(C2CC(=O)NC(NC(=O)c3ccc(Cl)c(Cl)c3)=N2)cc1. The van der Waals surface area contributed by atoms with Crippen LogP contribution in [0.25, 0.3) is 0 Å². The second-order valence-corrected chi connectivity index (χ2v) is 6.42. The Labute approximate surface area is 160 Å². The van der Waals surface area contributed by atoms with Crippen LogP contribution in [0.2, 0.25) is 10.0 Å². The third-order valence-corrected chi connectivity index (χ3v) is 4.57. The number of amides is 2. The molecule has 8 heteroatoms. The molecule has 2 N–H and O–H groups in total. The normalized spacial score (nSPS) is 16.5. The van der Waals surface area contributed by atoms with E-state index in [1.165, 1.54) is 18.2 Å². The van der Waals surface area contributed by atoms with Crippen molar-refractivity contribution in [2.75, 3.05) is 7.11 Å². The fourth-order valence-corrected chi connectivity index (χ4v) is 2.79. The molecule has 1 aliphatic heterocycles. The van der Waals surface area contributed by atoms with Crippen LogP contribution in [-0.4, -0.2) is 24.9 Å². The summed E-state index contributed by atoms with van der Waals surface area (Å²) in [5.74, 6) is 0.132. The van der Waals surface area contributed by atoms with E-state index in [-0.39, 0.29) is 23.3 Å². The Hall–Kier alpha value is -2.57. The molecule has 134 valence electrons. The predicted octanol–water partition coefficient (Wildman–Crippen LogP) is 3.35. The van der Waals surface area contributed by atoms with Crippen LogP contribution >= 0.6 is 23.2 Å². The van der Waals surface area contributed by atoms with Gasteiger partial charge in [-0.25, -0.2) is 4.99 Å². The number of aliphatic imine (C=N–C) groups is 1. The molecule has 6 nitrogen and oxygen atoms in total. The quantitative estimate of drug-likeness (QED) is 0.841. The van der Waals surface area contributed by atoms with Crippen LogP contribution in [0, 0.1) is 0 Å². The van der Waals surface area contributed by atoms with Crippen LogP contribution in [0.4, 0.5) is 0 Å². The summed E-state index contributed by atoms with van der Waals surface area (Å²) in [6.07, 6.45) is 0.193. The molecular formula is C18H15Cl2N3O3. The van der Waals surface area contributed by atoms with E-state index in [0.29, 0.717) is 16.3 Å². The maximum Gasteiger partial charge on any atom is 0.258 e. The Kier molecular flexibility index (Phi) is 5.44. The van der Waals surface area contributed by atoms with Gasteiger partial charge in [0.25, 0.3) is 5.91 Å². The minimum atomic E-state index is -0.446. The van der Waals surface area contributed by atoms with Gasteiger partial charge in [-0.05, 0) is 35.9 Å². The van der Waals surface area contributed by atoms with E-state index in [1.54, 1.807) is 19.2 Å². The average Bonchev–Trinajstić information content (AvgIpc) is 2.63. The van der Waals surface area contributed by atoms with Gasteiger partial charge in [0.15, 0.2) is 0 Å². The van der Waals surface area contributed by atoms with Crippen LogP contribution in [-0.2, 0) is 4.79 Å². The number of hydrogen-bond donors (Lipinski definition) is 2. The number of hydrogen-bond acceptors (Lipinski definition) is 4. The van der Waals surface area contributed by atoms with E-state index >= 15 is 0 Å². The topological polar surface area (TPSA) is 79.8 Å². The second kappa shape index (κ2) is 7.76. The molecule has 3 rings (SSSR count). The Balaban J connectivity index is 1.79. The first-order valence-electron chi connectivity index (χ1n) is 7.74. The van der Waals surface area contributed by atoms with Crippen molar-refractivity contribution in [3.63, 3.8) is 0 Å². The van der Waals surface area contributed by atoms with Gasteiger partial charge in [0.2, 0.25) is 11.9 Å². The van der Waals surface area contributed by atoms with Gasteiger partial charge in [-0.3, -0.25) is 20.2 Å². The van der Waals surface area contributed by atoms with Crippen molar-refractivity contribution in [1.82, 2.24) is 10.6 Å². The average molecular weight is 392 g/mol. The van der Waals surface area contributed by atoms with Crippen molar-refractivity contribution < 1.29 is 14.3 Å². The van der Waals surface area contributed by atoms with Crippen LogP contribution in [0.1, 0.15) is 28.4 Å². The van der Waals surface area contributed by atoms with Gasteiger partial charge in [0.05, 0.1) is 29.6 Å². The van der Waals surface area contributed by atoms with Crippen LogP contribution in [0.15, 0.2) is 47.5 Å². The Morgan fingerprint density at radius 3 is 2.58 bits per heavy atom. The molecule has 0 spiro atoms. The van der Waals surface area contributed by atoms with E-state index in [1.807, 2.05) is 12.1 Å². The van der Waals surface area contributed by atoms with E-state index in [2.05, 4.69) is 15.6 Å². The molecule has 0 fully saturated rings. The largest absolute Gasteiger partial charge is 0.497 e. The Morgan fingerprint density at radius 1 is 1.19 bits per heavy atom. The molecule has 1 aliphatic rings. The Bertz CT molecular complexity index is 882. The number of nitrogens with zero attached hydrogens (tertiary/aromatic N) is 1. The lowest BCUT2D eigenvalue weighted by Gasteiger charge is -2.21. The highest BCUT2D eigenvalue weighted by Gasteiger charge is 2.24. The fraction of sp³-hybridized carbons (Fsp3) is 0.167. The molecule has 0 saturated heterocycles. The number of carbonyl (C=O) groups excluding carboxylic acids is 2. The summed E-state index contributed by atoms with van der Waals surface area (Å²) >= 11 is 11.8. The minimum Gasteiger partial charge on any atom is -0.497 e. The van der Waals surface area contributed by atoms with Gasteiger partial charge >= 0.3 is 0 Å². The maximum absolute atomic E-state index is 12.3. The molecule has 2 aromatic rings. The highest BCUT2D eigenvalue weighted by molar-refractivity contribution is 6.42. The third-order valence-electron chi connectivity index (χ3n) is 3.84. The molecule has 0 saturated carbocycles. The van der Waals surface area contributed by atoms with Crippen molar-refractivity contribution in [1.29, 1.82) is 0 Å². The second-order valence-electron chi connectivity index (χ2n) is 5.60. The third kappa shape index (κ3) is 4.15. The summed E-state index contributed by atoms with van der Waals surface area (Å²) in [6, 6.07) is 11.4. The highest BCUT2D eigenvalue weighted by atomic mass is 35.5. The molecule has 26 heavy (non-hydrogen) atoms. The lowest BCUT2D eigenvalue weighted by Crippen LogP contribution is -2.47. The first-order valence-corrected chi connectivity index (χ1v) is 8.50. The molecule has 0 bridgehead atoms. The van der Waals surface area contributed by atoms with E-state index < -0.39 is 11.9 Å². The number of methoxy groups -OCH3 is 1. The molecule has 2 aromatic carbocycles. The minimum absolute atomic E-state index is 0.0955. The van der Waals surface area contributed by atoms with E-state index in [4.69, 9.17) is 27.9 Å². The van der Waals surface area contributed by atoms with Crippen molar-refractivity contribution >= 4 is 41.0 Å². The summed E-state index contributed by atoms with van der Waals surface area (Å²) in [7, 11) is 1.58. The summed E-state index contributed by atoms with van der Waals surface area (Å²) in [4.78, 5) is 28.8. The molecule has 0 aliphatic carbocycles. The number of halogens is 2. The van der Waals surface area contributed by atoms with Gasteiger partial charge in [-0.1, -0.05) is 35.3 Å². The summed E-state index contributed by atoms with van der Waals surface area (Å²) < 4.78 is 5.13. The standard InChI is InChI=1S/C18H15Cl2N3O3/c1-26-12-5-2-10(3-6-12)15-9-16(24)22-18(21-15)23-17(25)11-4-7-13(19)14(20)8-11/h2-8,15H,9H2,1H3,(H2,21,22,23,24,25). The first-order chi connectivity index (χ1) is 12.5. The molecule has 1 unspecified atom stereocenters. The van der Waals surface area contributed by atoms with Crippen molar-refractivity contribution in [2.24, 2.45) is 4.99 Å². The van der Waals surface area contributed by atoms with Gasteiger partial charge in [0, 0.05) is 5.56 Å².